The van der Waals surface area contributed by atoms with Crippen LogP contribution >= 0.6 is 0 Å². The summed E-state index contributed by atoms with van der Waals surface area (Å²) in [6, 6.07) is 10.6. The van der Waals surface area contributed by atoms with Crippen LogP contribution in [-0.4, -0.2) is 40.7 Å². The van der Waals surface area contributed by atoms with E-state index >= 15 is 0 Å². The molecule has 0 aliphatic rings. The first kappa shape index (κ1) is 21.2. The largest absolute Gasteiger partial charge is 0.495 e. The van der Waals surface area contributed by atoms with Gasteiger partial charge in [0.15, 0.2) is 6.10 Å². The normalized spacial score (nSPS) is 12.0. The smallest absolute Gasteiger partial charge is 0.346 e. The molecule has 1 N–H and O–H groups in total. The van der Waals surface area contributed by atoms with Crippen LogP contribution in [0.1, 0.15) is 22.8 Å². The van der Waals surface area contributed by atoms with Crippen molar-refractivity contribution in [3.8, 4) is 5.75 Å². The fourth-order valence-corrected chi connectivity index (χ4v) is 3.54. The molecule has 0 unspecified atom stereocenters. The second-order valence-electron chi connectivity index (χ2n) is 5.91. The second-order valence-corrected chi connectivity index (χ2v) is 7.56. The van der Waals surface area contributed by atoms with E-state index in [1.807, 2.05) is 6.92 Å². The first-order chi connectivity index (χ1) is 13.2. The van der Waals surface area contributed by atoms with Crippen molar-refractivity contribution in [3.05, 3.63) is 53.6 Å². The minimum Gasteiger partial charge on any atom is -0.495 e. The highest BCUT2D eigenvalue weighted by molar-refractivity contribution is 7.92. The SMILES string of the molecule is COC(=O)[C@H](C)OC(=O)c1ccc(OC)c(S(=O)(=O)Nc2ccc(C)cc2)c1. The average molecular weight is 407 g/mol. The van der Waals surface area contributed by atoms with Gasteiger partial charge in [-0.05, 0) is 44.2 Å². The van der Waals surface area contributed by atoms with E-state index in [9.17, 15) is 18.0 Å². The molecule has 0 aliphatic heterocycles. The monoisotopic (exact) mass is 407 g/mol. The molecule has 0 heterocycles. The summed E-state index contributed by atoms with van der Waals surface area (Å²) in [7, 11) is -1.56. The summed E-state index contributed by atoms with van der Waals surface area (Å²) in [5.74, 6) is -1.54. The predicted octanol–water partition coefficient (Wildman–Crippen LogP) is 2.52. The minimum atomic E-state index is -4.05. The number of benzene rings is 2. The van der Waals surface area contributed by atoms with Crippen LogP contribution in [-0.2, 0) is 24.3 Å². The van der Waals surface area contributed by atoms with Crippen molar-refractivity contribution < 1.29 is 32.2 Å². The Balaban J connectivity index is 2.34. The third-order valence-corrected chi connectivity index (χ3v) is 5.21. The van der Waals surface area contributed by atoms with Gasteiger partial charge in [0, 0.05) is 5.69 Å². The van der Waals surface area contributed by atoms with Gasteiger partial charge in [0.25, 0.3) is 10.0 Å². The molecular weight excluding hydrogens is 386 g/mol. The summed E-state index contributed by atoms with van der Waals surface area (Å²) in [5, 5.41) is 0. The lowest BCUT2D eigenvalue weighted by Gasteiger charge is -2.14. The maximum absolute atomic E-state index is 12.8. The fourth-order valence-electron chi connectivity index (χ4n) is 2.29. The van der Waals surface area contributed by atoms with Crippen molar-refractivity contribution in [2.75, 3.05) is 18.9 Å². The highest BCUT2D eigenvalue weighted by atomic mass is 32.2. The Morgan fingerprint density at radius 1 is 1.04 bits per heavy atom. The van der Waals surface area contributed by atoms with Gasteiger partial charge in [0.1, 0.15) is 10.6 Å². The van der Waals surface area contributed by atoms with Crippen molar-refractivity contribution in [1.82, 2.24) is 0 Å². The van der Waals surface area contributed by atoms with Crippen LogP contribution in [0.4, 0.5) is 5.69 Å². The molecule has 2 rings (SSSR count). The van der Waals surface area contributed by atoms with Crippen molar-refractivity contribution in [1.29, 1.82) is 0 Å². The molecule has 0 radical (unpaired) electrons. The van der Waals surface area contributed by atoms with Crippen molar-refractivity contribution in [2.24, 2.45) is 0 Å². The zero-order valence-corrected chi connectivity index (χ0v) is 16.7. The van der Waals surface area contributed by atoms with E-state index in [1.165, 1.54) is 33.3 Å². The van der Waals surface area contributed by atoms with Crippen LogP contribution in [0.25, 0.3) is 0 Å². The summed E-state index contributed by atoms with van der Waals surface area (Å²) in [4.78, 5) is 23.4. The quantitative estimate of drug-likeness (QED) is 0.703. The number of carbonyl (C=O) groups is 2. The van der Waals surface area contributed by atoms with Crippen LogP contribution in [0.15, 0.2) is 47.4 Å². The van der Waals surface area contributed by atoms with Gasteiger partial charge in [-0.2, -0.15) is 0 Å². The standard InChI is InChI=1S/C19H21NO7S/c1-12-5-8-15(9-6-12)20-28(23,24)17-11-14(7-10-16(17)25-3)19(22)27-13(2)18(21)26-4/h5-11,13,20H,1-4H3/t13-/m0/s1. The predicted molar refractivity (Wildman–Crippen MR) is 102 cm³/mol. The van der Waals surface area contributed by atoms with Crippen LogP contribution in [0, 0.1) is 6.92 Å². The maximum Gasteiger partial charge on any atom is 0.346 e. The van der Waals surface area contributed by atoms with Gasteiger partial charge in [-0.25, -0.2) is 18.0 Å². The molecule has 0 aliphatic carbocycles. The number of sulfonamides is 1. The van der Waals surface area contributed by atoms with Crippen molar-refractivity contribution in [2.45, 2.75) is 24.8 Å². The third kappa shape index (κ3) is 5.01. The highest BCUT2D eigenvalue weighted by Gasteiger charge is 2.24. The van der Waals surface area contributed by atoms with Gasteiger partial charge in [0.2, 0.25) is 0 Å². The molecule has 2 aromatic carbocycles. The Morgan fingerprint density at radius 3 is 2.25 bits per heavy atom. The summed E-state index contributed by atoms with van der Waals surface area (Å²) >= 11 is 0. The molecule has 2 aromatic rings. The Bertz CT molecular complexity index is 968. The molecule has 1 atom stereocenters. The number of esters is 2. The number of anilines is 1. The molecule has 8 nitrogen and oxygen atoms in total. The van der Waals surface area contributed by atoms with E-state index in [0.29, 0.717) is 5.69 Å². The second kappa shape index (κ2) is 8.75. The van der Waals surface area contributed by atoms with Gasteiger partial charge < -0.3 is 14.2 Å². The minimum absolute atomic E-state index is 0.0529. The van der Waals surface area contributed by atoms with E-state index in [1.54, 1.807) is 24.3 Å². The number of hydrogen-bond donors (Lipinski definition) is 1. The lowest BCUT2D eigenvalue weighted by Crippen LogP contribution is -2.25. The van der Waals surface area contributed by atoms with E-state index in [0.717, 1.165) is 11.6 Å². The van der Waals surface area contributed by atoms with E-state index < -0.39 is 28.1 Å². The average Bonchev–Trinajstić information content (AvgIpc) is 2.68. The summed E-state index contributed by atoms with van der Waals surface area (Å²) < 4.78 is 42.6. The zero-order chi connectivity index (χ0) is 20.9. The van der Waals surface area contributed by atoms with Crippen LogP contribution in [0.5, 0.6) is 5.75 Å². The van der Waals surface area contributed by atoms with Gasteiger partial charge in [0.05, 0.1) is 19.8 Å². The highest BCUT2D eigenvalue weighted by Crippen LogP contribution is 2.27. The van der Waals surface area contributed by atoms with Crippen LogP contribution in [0.2, 0.25) is 0 Å². The van der Waals surface area contributed by atoms with Crippen LogP contribution in [0.3, 0.4) is 0 Å². The van der Waals surface area contributed by atoms with Crippen molar-refractivity contribution >= 4 is 27.6 Å². The Kier molecular flexibility index (Phi) is 6.63. The number of methoxy groups -OCH3 is 2. The van der Waals surface area contributed by atoms with E-state index in [2.05, 4.69) is 9.46 Å². The zero-order valence-electron chi connectivity index (χ0n) is 15.9. The maximum atomic E-state index is 12.8. The lowest BCUT2D eigenvalue weighted by atomic mass is 10.2. The van der Waals surface area contributed by atoms with Gasteiger partial charge in [-0.3, -0.25) is 4.72 Å². The first-order valence-corrected chi connectivity index (χ1v) is 9.72. The summed E-state index contributed by atoms with van der Waals surface area (Å²) in [6.45, 7) is 3.23. The molecule has 0 bridgehead atoms. The number of nitrogens with one attached hydrogen (secondary N) is 1. The van der Waals surface area contributed by atoms with E-state index in [4.69, 9.17) is 9.47 Å². The number of rotatable bonds is 7. The summed E-state index contributed by atoms with van der Waals surface area (Å²) in [5.41, 5.74) is 1.28. The molecule has 0 aromatic heterocycles. The number of aryl methyl sites for hydroxylation is 1. The molecule has 0 amide bonds. The lowest BCUT2D eigenvalue weighted by molar-refractivity contribution is -0.149. The Morgan fingerprint density at radius 2 is 1.68 bits per heavy atom. The van der Waals surface area contributed by atoms with E-state index in [-0.39, 0.29) is 16.2 Å². The molecule has 0 spiro atoms. The van der Waals surface area contributed by atoms with Gasteiger partial charge in [-0.1, -0.05) is 17.7 Å². The molecule has 150 valence electrons. The number of ether oxygens (including phenoxy) is 3. The Labute approximate surface area is 163 Å². The van der Waals surface area contributed by atoms with Crippen molar-refractivity contribution in [3.63, 3.8) is 0 Å². The molecular formula is C19H21NO7S. The van der Waals surface area contributed by atoms with Gasteiger partial charge >= 0.3 is 11.9 Å². The number of carbonyl (C=O) groups excluding carboxylic acids is 2. The molecule has 28 heavy (non-hydrogen) atoms. The molecule has 0 fully saturated rings. The van der Waals surface area contributed by atoms with Gasteiger partial charge in [-0.15, -0.1) is 0 Å². The third-order valence-electron chi connectivity index (χ3n) is 3.81. The Hall–Kier alpha value is -3.07. The first-order valence-electron chi connectivity index (χ1n) is 8.24. The number of hydrogen-bond acceptors (Lipinski definition) is 7. The van der Waals surface area contributed by atoms with Crippen LogP contribution < -0.4 is 9.46 Å². The topological polar surface area (TPSA) is 108 Å². The molecule has 0 saturated carbocycles. The molecule has 9 heteroatoms. The molecule has 0 saturated heterocycles. The summed E-state index contributed by atoms with van der Waals surface area (Å²) in [6.07, 6.45) is -1.13. The fraction of sp³-hybridized carbons (Fsp3) is 0.263.